The third kappa shape index (κ3) is 4.08. The molecule has 164 valence electrons. The number of anilines is 1. The molecule has 0 unspecified atom stereocenters. The molecule has 2 aliphatic rings. The average Bonchev–Trinajstić information content (AvgIpc) is 3.18. The van der Waals surface area contributed by atoms with Crippen molar-refractivity contribution in [3.05, 3.63) is 50.8 Å². The predicted octanol–water partition coefficient (Wildman–Crippen LogP) is 4.31. The van der Waals surface area contributed by atoms with Gasteiger partial charge in [-0.15, -0.1) is 0 Å². The molecule has 1 aromatic carbocycles. The maximum Gasteiger partial charge on any atom is 0.256 e. The Morgan fingerprint density at radius 3 is 2.71 bits per heavy atom. The standard InChI is InChI=1S/C24H29BrN4O2/c1-4-28(5-2)12-13-29-11-7-10-18-21(24(29)31)15(3)20(26-18)14-16-22-17(25)8-6-9-19(22)27-23(16)30/h6,8-9,14,26H,4-5,7,10-13H2,1-3H3,(H,27,30)/b16-14-. The van der Waals surface area contributed by atoms with Crippen LogP contribution in [0.3, 0.4) is 0 Å². The van der Waals surface area contributed by atoms with Crippen molar-refractivity contribution in [3.63, 3.8) is 0 Å². The predicted molar refractivity (Wildman–Crippen MR) is 128 cm³/mol. The number of fused-ring (bicyclic) bond motifs is 2. The lowest BCUT2D eigenvalue weighted by molar-refractivity contribution is -0.110. The van der Waals surface area contributed by atoms with E-state index in [1.165, 1.54) is 0 Å². The molecule has 7 heteroatoms. The SMILES string of the molecule is CCN(CC)CCN1CCCc2[nH]c(/C=C3\C(=O)Nc4cccc(Br)c43)c(C)c2C1=O. The van der Waals surface area contributed by atoms with Crippen molar-refractivity contribution in [2.24, 2.45) is 0 Å². The van der Waals surface area contributed by atoms with Crippen LogP contribution in [0.25, 0.3) is 11.6 Å². The average molecular weight is 485 g/mol. The number of aromatic nitrogens is 1. The van der Waals surface area contributed by atoms with Crippen LogP contribution < -0.4 is 5.32 Å². The van der Waals surface area contributed by atoms with Gasteiger partial charge in [-0.3, -0.25) is 9.59 Å². The summed E-state index contributed by atoms with van der Waals surface area (Å²) in [6.45, 7) is 10.7. The molecule has 6 nitrogen and oxygen atoms in total. The lowest BCUT2D eigenvalue weighted by atomic mass is 10.0. The van der Waals surface area contributed by atoms with Crippen molar-refractivity contribution < 1.29 is 9.59 Å². The number of benzene rings is 1. The van der Waals surface area contributed by atoms with E-state index >= 15 is 0 Å². The molecule has 0 fully saturated rings. The van der Waals surface area contributed by atoms with E-state index in [2.05, 4.69) is 45.0 Å². The summed E-state index contributed by atoms with van der Waals surface area (Å²) in [7, 11) is 0. The summed E-state index contributed by atoms with van der Waals surface area (Å²) in [6.07, 6.45) is 3.64. The molecule has 2 amide bonds. The lowest BCUT2D eigenvalue weighted by Gasteiger charge is -2.25. The van der Waals surface area contributed by atoms with Crippen molar-refractivity contribution in [1.82, 2.24) is 14.8 Å². The van der Waals surface area contributed by atoms with Crippen molar-refractivity contribution in [3.8, 4) is 0 Å². The van der Waals surface area contributed by atoms with Crippen LogP contribution in [-0.2, 0) is 11.2 Å². The van der Waals surface area contributed by atoms with E-state index in [0.29, 0.717) is 5.57 Å². The molecule has 2 N–H and O–H groups in total. The molecule has 0 saturated heterocycles. The third-order valence-electron chi connectivity index (χ3n) is 6.37. The van der Waals surface area contributed by atoms with Crippen molar-refractivity contribution in [1.29, 1.82) is 0 Å². The number of hydrogen-bond acceptors (Lipinski definition) is 3. The topological polar surface area (TPSA) is 68.4 Å². The Hall–Kier alpha value is -2.38. The van der Waals surface area contributed by atoms with E-state index in [1.54, 1.807) is 0 Å². The van der Waals surface area contributed by atoms with Crippen LogP contribution in [0.5, 0.6) is 0 Å². The van der Waals surface area contributed by atoms with Gasteiger partial charge in [0.25, 0.3) is 11.8 Å². The molecule has 0 spiro atoms. The van der Waals surface area contributed by atoms with E-state index in [1.807, 2.05) is 36.1 Å². The van der Waals surface area contributed by atoms with Crippen LogP contribution in [0.15, 0.2) is 22.7 Å². The molecule has 0 saturated carbocycles. The van der Waals surface area contributed by atoms with Gasteiger partial charge in [-0.05, 0) is 56.6 Å². The van der Waals surface area contributed by atoms with Gasteiger partial charge in [-0.2, -0.15) is 0 Å². The highest BCUT2D eigenvalue weighted by molar-refractivity contribution is 9.10. The summed E-state index contributed by atoms with van der Waals surface area (Å²) in [5.41, 5.74) is 5.76. The number of rotatable bonds is 6. The maximum atomic E-state index is 13.4. The number of likely N-dealkylation sites (N-methyl/N-ethyl adjacent to an activating group) is 1. The largest absolute Gasteiger partial charge is 0.358 e. The van der Waals surface area contributed by atoms with Gasteiger partial charge in [0.05, 0.1) is 16.8 Å². The van der Waals surface area contributed by atoms with E-state index < -0.39 is 0 Å². The molecule has 2 aliphatic heterocycles. The Morgan fingerprint density at radius 1 is 1.19 bits per heavy atom. The monoisotopic (exact) mass is 484 g/mol. The second-order valence-corrected chi connectivity index (χ2v) is 8.97. The summed E-state index contributed by atoms with van der Waals surface area (Å²) in [5.74, 6) is -0.0335. The van der Waals surface area contributed by atoms with Crippen molar-refractivity contribution >= 4 is 45.1 Å². The Labute approximate surface area is 191 Å². The van der Waals surface area contributed by atoms with Gasteiger partial charge in [0.15, 0.2) is 0 Å². The second kappa shape index (κ2) is 9.01. The van der Waals surface area contributed by atoms with Gasteiger partial charge in [0.2, 0.25) is 0 Å². The highest BCUT2D eigenvalue weighted by atomic mass is 79.9. The van der Waals surface area contributed by atoms with Crippen LogP contribution in [0.4, 0.5) is 5.69 Å². The first-order chi connectivity index (χ1) is 14.9. The molecule has 3 heterocycles. The van der Waals surface area contributed by atoms with E-state index in [-0.39, 0.29) is 11.8 Å². The van der Waals surface area contributed by atoms with Crippen molar-refractivity contribution in [2.75, 3.05) is 38.0 Å². The minimum absolute atomic E-state index is 0.0931. The lowest BCUT2D eigenvalue weighted by Crippen LogP contribution is -2.38. The van der Waals surface area contributed by atoms with Gasteiger partial charge < -0.3 is 20.1 Å². The number of amides is 2. The second-order valence-electron chi connectivity index (χ2n) is 8.11. The molecule has 0 aliphatic carbocycles. The van der Waals surface area contributed by atoms with Gasteiger partial charge >= 0.3 is 0 Å². The first kappa shape index (κ1) is 21.8. The molecular formula is C24H29BrN4O2. The summed E-state index contributed by atoms with van der Waals surface area (Å²) in [4.78, 5) is 33.8. The number of aromatic amines is 1. The first-order valence-corrected chi connectivity index (χ1v) is 11.8. The van der Waals surface area contributed by atoms with Crippen LogP contribution in [0, 0.1) is 6.92 Å². The zero-order chi connectivity index (χ0) is 22.1. The fourth-order valence-corrected chi connectivity index (χ4v) is 5.09. The molecule has 0 bridgehead atoms. The van der Waals surface area contributed by atoms with E-state index in [4.69, 9.17) is 0 Å². The third-order valence-corrected chi connectivity index (χ3v) is 7.03. The molecule has 1 aromatic heterocycles. The smallest absolute Gasteiger partial charge is 0.256 e. The normalized spacial score (nSPS) is 17.2. The molecule has 4 rings (SSSR count). The molecular weight excluding hydrogens is 456 g/mol. The van der Waals surface area contributed by atoms with Crippen LogP contribution in [0.1, 0.15) is 53.1 Å². The summed E-state index contributed by atoms with van der Waals surface area (Å²) >= 11 is 3.56. The van der Waals surface area contributed by atoms with Gasteiger partial charge in [-0.25, -0.2) is 0 Å². The number of nitrogens with zero attached hydrogens (tertiary/aromatic N) is 2. The number of nitrogens with one attached hydrogen (secondary N) is 2. The van der Waals surface area contributed by atoms with Gasteiger partial charge in [-0.1, -0.05) is 35.8 Å². The summed E-state index contributed by atoms with van der Waals surface area (Å²) in [5, 5.41) is 2.92. The number of halogens is 1. The minimum Gasteiger partial charge on any atom is -0.358 e. The number of carbonyl (C=O) groups excluding carboxylic acids is 2. The number of aryl methyl sites for hydroxylation is 1. The fraction of sp³-hybridized carbons (Fsp3) is 0.417. The van der Waals surface area contributed by atoms with Crippen LogP contribution in [0.2, 0.25) is 0 Å². The molecule has 2 aromatic rings. The highest BCUT2D eigenvalue weighted by Gasteiger charge is 2.30. The minimum atomic E-state index is -0.127. The van der Waals surface area contributed by atoms with Crippen LogP contribution in [-0.4, -0.2) is 59.3 Å². The molecule has 0 radical (unpaired) electrons. The highest BCUT2D eigenvalue weighted by Crippen LogP contribution is 2.39. The maximum absolute atomic E-state index is 13.4. The molecule has 31 heavy (non-hydrogen) atoms. The van der Waals surface area contributed by atoms with E-state index in [9.17, 15) is 9.59 Å². The number of carbonyl (C=O) groups is 2. The summed E-state index contributed by atoms with van der Waals surface area (Å²) in [6, 6.07) is 5.73. The number of hydrogen-bond donors (Lipinski definition) is 2. The zero-order valence-electron chi connectivity index (χ0n) is 18.3. The van der Waals surface area contributed by atoms with Gasteiger partial charge in [0, 0.05) is 41.1 Å². The number of H-pyrrole nitrogens is 1. The van der Waals surface area contributed by atoms with Crippen LogP contribution >= 0.6 is 15.9 Å². The fourth-order valence-electron chi connectivity index (χ4n) is 4.51. The summed E-state index contributed by atoms with van der Waals surface area (Å²) < 4.78 is 0.874. The first-order valence-electron chi connectivity index (χ1n) is 11.0. The quantitative estimate of drug-likeness (QED) is 0.600. The Morgan fingerprint density at radius 2 is 1.97 bits per heavy atom. The molecule has 0 atom stereocenters. The van der Waals surface area contributed by atoms with Crippen molar-refractivity contribution in [2.45, 2.75) is 33.6 Å². The Kier molecular flexibility index (Phi) is 6.34. The zero-order valence-corrected chi connectivity index (χ0v) is 19.9. The Bertz CT molecular complexity index is 1050. The van der Waals surface area contributed by atoms with E-state index in [0.717, 1.165) is 83.8 Å². The Balaban J connectivity index is 1.66. The van der Waals surface area contributed by atoms with Gasteiger partial charge in [0.1, 0.15) is 0 Å².